The molecule has 0 unspecified atom stereocenters. The van der Waals surface area contributed by atoms with Gasteiger partial charge in [0.15, 0.2) is 11.5 Å². The molecule has 0 aliphatic heterocycles. The fourth-order valence-electron chi connectivity index (χ4n) is 3.04. The number of amides is 2. The van der Waals surface area contributed by atoms with Gasteiger partial charge in [-0.2, -0.15) is 5.10 Å². The molecule has 0 heterocycles. The van der Waals surface area contributed by atoms with Gasteiger partial charge in [-0.3, -0.25) is 9.59 Å². The molecule has 2 N–H and O–H groups in total. The lowest BCUT2D eigenvalue weighted by molar-refractivity contribution is -0.126. The monoisotopic (exact) mass is 459 g/mol. The topological polar surface area (TPSA) is 89.0 Å². The van der Waals surface area contributed by atoms with Crippen LogP contribution in [0.1, 0.15) is 35.6 Å². The second-order valence-corrected chi connectivity index (χ2v) is 7.80. The third-order valence-electron chi connectivity index (χ3n) is 4.84. The summed E-state index contributed by atoms with van der Waals surface area (Å²) in [5.74, 6) is 0.285. The number of hydrogen-bond acceptors (Lipinski definition) is 5. The van der Waals surface area contributed by atoms with Crippen LogP contribution in [-0.2, 0) is 16.2 Å². The lowest BCUT2D eigenvalue weighted by Gasteiger charge is -2.12. The molecule has 0 atom stereocenters. The van der Waals surface area contributed by atoms with E-state index >= 15 is 0 Å². The summed E-state index contributed by atoms with van der Waals surface area (Å²) in [4.78, 5) is 24.0. The Morgan fingerprint density at radius 1 is 0.853 bits per heavy atom. The average Bonchev–Trinajstić information content (AvgIpc) is 2.81. The summed E-state index contributed by atoms with van der Waals surface area (Å²) in [7, 11) is 0. The maximum atomic E-state index is 12.0. The van der Waals surface area contributed by atoms with Gasteiger partial charge in [-0.25, -0.2) is 5.43 Å². The van der Waals surface area contributed by atoms with Crippen LogP contribution in [0.15, 0.2) is 71.8 Å². The maximum Gasteiger partial charge on any atom is 0.249 e. The van der Waals surface area contributed by atoms with Gasteiger partial charge in [0.1, 0.15) is 13.0 Å². The van der Waals surface area contributed by atoms with Crippen LogP contribution >= 0.6 is 0 Å². The molecule has 0 radical (unpaired) electrons. The summed E-state index contributed by atoms with van der Waals surface area (Å²) >= 11 is 0. The van der Waals surface area contributed by atoms with Crippen LogP contribution < -0.4 is 20.2 Å². The Kier molecular flexibility index (Phi) is 8.80. The first-order valence-electron chi connectivity index (χ1n) is 11.1. The molecule has 0 saturated carbocycles. The molecule has 0 aromatic heterocycles. The summed E-state index contributed by atoms with van der Waals surface area (Å²) in [6, 6.07) is 20.9. The fraction of sp³-hybridized carbons (Fsp3) is 0.222. The molecule has 0 aliphatic carbocycles. The van der Waals surface area contributed by atoms with E-state index in [2.05, 4.69) is 15.8 Å². The van der Waals surface area contributed by atoms with Crippen LogP contribution in [0.2, 0.25) is 0 Å². The molecule has 7 nitrogen and oxygen atoms in total. The Bertz CT molecular complexity index is 1140. The Labute approximate surface area is 199 Å². The summed E-state index contributed by atoms with van der Waals surface area (Å²) in [6.45, 7) is 6.80. The zero-order valence-corrected chi connectivity index (χ0v) is 19.6. The number of hydrogen-bond donors (Lipinski definition) is 2. The molecule has 176 valence electrons. The third-order valence-corrected chi connectivity index (χ3v) is 4.84. The molecule has 0 aliphatic rings. The van der Waals surface area contributed by atoms with E-state index in [1.807, 2.05) is 63.2 Å². The van der Waals surface area contributed by atoms with Gasteiger partial charge < -0.3 is 14.8 Å². The van der Waals surface area contributed by atoms with Gasteiger partial charge in [-0.05, 0) is 62.2 Å². The number of hydrazone groups is 1. The van der Waals surface area contributed by atoms with Crippen molar-refractivity contribution in [2.45, 2.75) is 33.8 Å². The van der Waals surface area contributed by atoms with Gasteiger partial charge in [0.2, 0.25) is 11.8 Å². The van der Waals surface area contributed by atoms with Gasteiger partial charge in [0.05, 0.1) is 12.8 Å². The summed E-state index contributed by atoms with van der Waals surface area (Å²) in [5, 5.41) is 6.63. The maximum absolute atomic E-state index is 12.0. The van der Waals surface area contributed by atoms with E-state index in [4.69, 9.17) is 9.47 Å². The summed E-state index contributed by atoms with van der Waals surface area (Å²) < 4.78 is 11.6. The number of carbonyl (C=O) groups excluding carboxylic acids is 2. The number of anilines is 1. The standard InChI is InChI=1S/C27H29N3O4/c1-4-33-25-15-22(11-14-24(25)34-18-21-9-5-19(2)6-10-21)17-28-30-27(32)16-26(31)29-23-12-7-20(3)8-13-23/h5-15,17H,4,16,18H2,1-3H3,(H,29,31)(H,30,32). The van der Waals surface area contributed by atoms with E-state index in [1.54, 1.807) is 24.3 Å². The van der Waals surface area contributed by atoms with Crippen LogP contribution in [0.5, 0.6) is 11.5 Å². The number of benzene rings is 3. The minimum Gasteiger partial charge on any atom is -0.490 e. The summed E-state index contributed by atoms with van der Waals surface area (Å²) in [5.41, 5.74) is 7.07. The third kappa shape index (κ3) is 7.78. The van der Waals surface area contributed by atoms with Crippen LogP contribution in [-0.4, -0.2) is 24.6 Å². The predicted octanol–water partition coefficient (Wildman–Crippen LogP) is 4.76. The number of ether oxygens (including phenoxy) is 2. The Morgan fingerprint density at radius 3 is 2.21 bits per heavy atom. The van der Waals surface area contributed by atoms with E-state index in [0.29, 0.717) is 30.4 Å². The molecule has 2 amide bonds. The number of nitrogens with one attached hydrogen (secondary N) is 2. The first-order valence-corrected chi connectivity index (χ1v) is 11.1. The predicted molar refractivity (Wildman–Crippen MR) is 133 cm³/mol. The second kappa shape index (κ2) is 12.2. The molecule has 7 heteroatoms. The number of nitrogens with zero attached hydrogens (tertiary/aromatic N) is 1. The van der Waals surface area contributed by atoms with E-state index in [0.717, 1.165) is 16.7 Å². The molecule has 0 spiro atoms. The number of aryl methyl sites for hydroxylation is 2. The van der Waals surface area contributed by atoms with Crippen molar-refractivity contribution in [3.05, 3.63) is 89.0 Å². The number of rotatable bonds is 10. The van der Waals surface area contributed by atoms with Gasteiger partial charge >= 0.3 is 0 Å². The van der Waals surface area contributed by atoms with Crippen LogP contribution in [0.3, 0.4) is 0 Å². The first kappa shape index (κ1) is 24.5. The van der Waals surface area contributed by atoms with Gasteiger partial charge in [-0.15, -0.1) is 0 Å². The quantitative estimate of drug-likeness (QED) is 0.260. The molecular weight excluding hydrogens is 430 g/mol. The van der Waals surface area contributed by atoms with Crippen LogP contribution in [0.4, 0.5) is 5.69 Å². The SMILES string of the molecule is CCOc1cc(C=NNC(=O)CC(=O)Nc2ccc(C)cc2)ccc1OCc1ccc(C)cc1. The van der Waals surface area contributed by atoms with Crippen molar-refractivity contribution in [1.82, 2.24) is 5.43 Å². The Balaban J connectivity index is 1.53. The zero-order valence-electron chi connectivity index (χ0n) is 19.6. The van der Waals surface area contributed by atoms with Crippen LogP contribution in [0.25, 0.3) is 0 Å². The average molecular weight is 460 g/mol. The minimum atomic E-state index is -0.510. The molecule has 3 rings (SSSR count). The zero-order chi connectivity index (χ0) is 24.3. The Morgan fingerprint density at radius 2 is 1.53 bits per heavy atom. The van der Waals surface area contributed by atoms with E-state index in [1.165, 1.54) is 11.8 Å². The van der Waals surface area contributed by atoms with Gasteiger partial charge in [0, 0.05) is 5.69 Å². The highest BCUT2D eigenvalue weighted by Crippen LogP contribution is 2.29. The van der Waals surface area contributed by atoms with Crippen molar-refractivity contribution in [3.63, 3.8) is 0 Å². The largest absolute Gasteiger partial charge is 0.490 e. The molecular formula is C27H29N3O4. The van der Waals surface area contributed by atoms with Gasteiger partial charge in [0.25, 0.3) is 0 Å². The van der Waals surface area contributed by atoms with Crippen LogP contribution in [0, 0.1) is 13.8 Å². The van der Waals surface area contributed by atoms with Gasteiger partial charge in [-0.1, -0.05) is 47.5 Å². The molecule has 0 bridgehead atoms. The van der Waals surface area contributed by atoms with E-state index in [-0.39, 0.29) is 6.42 Å². The normalized spacial score (nSPS) is 10.7. The van der Waals surface area contributed by atoms with Crippen molar-refractivity contribution in [3.8, 4) is 11.5 Å². The smallest absolute Gasteiger partial charge is 0.249 e. The molecule has 3 aromatic carbocycles. The molecule has 0 saturated heterocycles. The number of carbonyl (C=O) groups is 2. The first-order chi connectivity index (χ1) is 16.4. The van der Waals surface area contributed by atoms with E-state index in [9.17, 15) is 9.59 Å². The lowest BCUT2D eigenvalue weighted by atomic mass is 10.2. The summed E-state index contributed by atoms with van der Waals surface area (Å²) in [6.07, 6.45) is 1.16. The van der Waals surface area contributed by atoms with E-state index < -0.39 is 11.8 Å². The highest BCUT2D eigenvalue weighted by atomic mass is 16.5. The van der Waals surface area contributed by atoms with Crippen molar-refractivity contribution in [2.24, 2.45) is 5.10 Å². The fourth-order valence-corrected chi connectivity index (χ4v) is 3.04. The minimum absolute atomic E-state index is 0.332. The van der Waals surface area contributed by atoms with Crippen molar-refractivity contribution in [1.29, 1.82) is 0 Å². The highest BCUT2D eigenvalue weighted by molar-refractivity contribution is 6.03. The molecule has 34 heavy (non-hydrogen) atoms. The lowest BCUT2D eigenvalue weighted by Crippen LogP contribution is -2.24. The van der Waals surface area contributed by atoms with Crippen molar-refractivity contribution in [2.75, 3.05) is 11.9 Å². The van der Waals surface area contributed by atoms with Crippen molar-refractivity contribution < 1.29 is 19.1 Å². The second-order valence-electron chi connectivity index (χ2n) is 7.80. The molecule has 3 aromatic rings. The Hall–Kier alpha value is -4.13. The highest BCUT2D eigenvalue weighted by Gasteiger charge is 2.10. The molecule has 0 fully saturated rings. The van der Waals surface area contributed by atoms with Crippen molar-refractivity contribution >= 4 is 23.7 Å².